The van der Waals surface area contributed by atoms with Crippen LogP contribution in [-0.4, -0.2) is 25.5 Å². The van der Waals surface area contributed by atoms with Crippen LogP contribution in [0.25, 0.3) is 0 Å². The summed E-state index contributed by atoms with van der Waals surface area (Å²) in [6.45, 7) is 5.99. The molecule has 0 spiro atoms. The van der Waals surface area contributed by atoms with Gasteiger partial charge in [-0.05, 0) is 56.4 Å². The molecule has 5 heteroatoms. The van der Waals surface area contributed by atoms with Gasteiger partial charge in [0, 0.05) is 29.3 Å². The van der Waals surface area contributed by atoms with Gasteiger partial charge in [-0.25, -0.2) is 4.79 Å². The van der Waals surface area contributed by atoms with Gasteiger partial charge < -0.3 is 14.8 Å². The van der Waals surface area contributed by atoms with Gasteiger partial charge in [-0.1, -0.05) is 42.0 Å². The number of aryl methyl sites for hydroxylation is 1. The summed E-state index contributed by atoms with van der Waals surface area (Å²) < 4.78 is 10.7. The van der Waals surface area contributed by atoms with E-state index in [1.54, 1.807) is 14.0 Å². The number of carbonyl (C=O) groups excluding carboxylic acids is 2. The van der Waals surface area contributed by atoms with Gasteiger partial charge in [-0.2, -0.15) is 0 Å². The maximum Gasteiger partial charge on any atom is 0.336 e. The van der Waals surface area contributed by atoms with Crippen LogP contribution in [0.15, 0.2) is 71.1 Å². The van der Waals surface area contributed by atoms with Crippen LogP contribution < -0.4 is 10.1 Å². The number of ketones is 1. The molecule has 0 radical (unpaired) electrons. The van der Waals surface area contributed by atoms with Crippen molar-refractivity contribution >= 4 is 11.8 Å². The van der Waals surface area contributed by atoms with Gasteiger partial charge in [-0.15, -0.1) is 0 Å². The van der Waals surface area contributed by atoms with Gasteiger partial charge >= 0.3 is 5.97 Å². The lowest BCUT2D eigenvalue weighted by Crippen LogP contribution is -2.36. The Hall–Kier alpha value is -3.34. The SMILES string of the molecule is CCOC(=O)C1=C(C)NC2=C(C(=O)CC(c3cccc(OC)c3)C2)C1c1ccc(C)cc1. The molecule has 0 fully saturated rings. The molecule has 0 bridgehead atoms. The summed E-state index contributed by atoms with van der Waals surface area (Å²) >= 11 is 0. The van der Waals surface area contributed by atoms with Crippen molar-refractivity contribution in [3.63, 3.8) is 0 Å². The molecule has 2 unspecified atom stereocenters. The van der Waals surface area contributed by atoms with Crippen molar-refractivity contribution in [2.24, 2.45) is 0 Å². The maximum atomic E-state index is 13.5. The number of allylic oxidation sites excluding steroid dienone is 3. The van der Waals surface area contributed by atoms with Crippen molar-refractivity contribution in [3.05, 3.63) is 87.8 Å². The summed E-state index contributed by atoms with van der Waals surface area (Å²) in [5, 5.41) is 3.38. The van der Waals surface area contributed by atoms with E-state index in [4.69, 9.17) is 9.47 Å². The fourth-order valence-electron chi connectivity index (χ4n) is 4.74. The molecule has 1 aliphatic carbocycles. The molecule has 2 aromatic rings. The third kappa shape index (κ3) is 4.07. The van der Waals surface area contributed by atoms with Crippen LogP contribution in [0.5, 0.6) is 5.75 Å². The number of ether oxygens (including phenoxy) is 2. The molecule has 1 aliphatic heterocycles. The standard InChI is InChI=1S/C27H29NO4/c1-5-32-27(30)24-17(3)28-22-14-20(19-7-6-8-21(13-19)31-4)15-23(29)26(22)25(24)18-11-9-16(2)10-12-18/h6-13,20,25,28H,5,14-15H2,1-4H3. The number of benzene rings is 2. The normalized spacial score (nSPS) is 20.6. The van der Waals surface area contributed by atoms with Gasteiger partial charge in [0.15, 0.2) is 5.78 Å². The van der Waals surface area contributed by atoms with Gasteiger partial charge in [0.1, 0.15) is 5.75 Å². The zero-order valence-electron chi connectivity index (χ0n) is 19.0. The van der Waals surface area contributed by atoms with Crippen molar-refractivity contribution in [2.75, 3.05) is 13.7 Å². The van der Waals surface area contributed by atoms with E-state index in [0.717, 1.165) is 33.8 Å². The zero-order valence-corrected chi connectivity index (χ0v) is 19.0. The number of nitrogens with one attached hydrogen (secondary N) is 1. The highest BCUT2D eigenvalue weighted by molar-refractivity contribution is 6.04. The predicted octanol–water partition coefficient (Wildman–Crippen LogP) is 4.93. The fourth-order valence-corrected chi connectivity index (χ4v) is 4.74. The summed E-state index contributed by atoms with van der Waals surface area (Å²) in [6.07, 6.45) is 1.09. The third-order valence-corrected chi connectivity index (χ3v) is 6.30. The predicted molar refractivity (Wildman–Crippen MR) is 123 cm³/mol. The first-order valence-corrected chi connectivity index (χ1v) is 11.0. The van der Waals surface area contributed by atoms with E-state index < -0.39 is 5.92 Å². The van der Waals surface area contributed by atoms with Crippen molar-refractivity contribution in [2.45, 2.75) is 45.4 Å². The number of rotatable bonds is 5. The van der Waals surface area contributed by atoms with Crippen LogP contribution in [0.1, 0.15) is 55.2 Å². The van der Waals surface area contributed by atoms with Crippen molar-refractivity contribution in [1.82, 2.24) is 5.32 Å². The topological polar surface area (TPSA) is 64.6 Å². The first-order valence-electron chi connectivity index (χ1n) is 11.0. The first-order chi connectivity index (χ1) is 15.4. The van der Waals surface area contributed by atoms with E-state index in [1.165, 1.54) is 0 Å². The van der Waals surface area contributed by atoms with E-state index >= 15 is 0 Å². The van der Waals surface area contributed by atoms with Crippen LogP contribution in [0.2, 0.25) is 0 Å². The molecule has 1 heterocycles. The number of esters is 1. The number of hydrogen-bond acceptors (Lipinski definition) is 5. The molecule has 1 N–H and O–H groups in total. The molecule has 2 atom stereocenters. The summed E-state index contributed by atoms with van der Waals surface area (Å²) in [7, 11) is 1.64. The lowest BCUT2D eigenvalue weighted by Gasteiger charge is -2.36. The van der Waals surface area contributed by atoms with E-state index in [0.29, 0.717) is 24.0 Å². The molecular weight excluding hydrogens is 402 g/mol. The third-order valence-electron chi connectivity index (χ3n) is 6.30. The average molecular weight is 432 g/mol. The Morgan fingerprint density at radius 3 is 2.50 bits per heavy atom. The molecule has 32 heavy (non-hydrogen) atoms. The van der Waals surface area contributed by atoms with E-state index in [-0.39, 0.29) is 24.3 Å². The summed E-state index contributed by atoms with van der Waals surface area (Å²) in [5.74, 6) is 0.0949. The van der Waals surface area contributed by atoms with Gasteiger partial charge in [0.2, 0.25) is 0 Å². The Morgan fingerprint density at radius 2 is 1.81 bits per heavy atom. The number of methoxy groups -OCH3 is 1. The van der Waals surface area contributed by atoms with Gasteiger partial charge in [0.25, 0.3) is 0 Å². The quantitative estimate of drug-likeness (QED) is 0.680. The summed E-state index contributed by atoms with van der Waals surface area (Å²) in [4.78, 5) is 26.5. The van der Waals surface area contributed by atoms with Crippen LogP contribution in [0.3, 0.4) is 0 Å². The Labute approximate surface area is 189 Å². The highest BCUT2D eigenvalue weighted by Crippen LogP contribution is 2.46. The summed E-state index contributed by atoms with van der Waals surface area (Å²) in [6, 6.07) is 15.9. The molecule has 2 aromatic carbocycles. The number of dihydropyridines is 1. The smallest absolute Gasteiger partial charge is 0.336 e. The lowest BCUT2D eigenvalue weighted by molar-refractivity contribution is -0.138. The summed E-state index contributed by atoms with van der Waals surface area (Å²) in [5.41, 5.74) is 5.97. The fraction of sp³-hybridized carbons (Fsp3) is 0.333. The molecular formula is C27H29NO4. The second-order valence-electron chi connectivity index (χ2n) is 8.43. The average Bonchev–Trinajstić information content (AvgIpc) is 2.78. The van der Waals surface area contributed by atoms with Crippen LogP contribution in [-0.2, 0) is 14.3 Å². The minimum atomic E-state index is -0.426. The van der Waals surface area contributed by atoms with Gasteiger partial charge in [-0.3, -0.25) is 4.79 Å². The largest absolute Gasteiger partial charge is 0.497 e. The lowest BCUT2D eigenvalue weighted by atomic mass is 9.71. The Morgan fingerprint density at radius 1 is 1.06 bits per heavy atom. The minimum Gasteiger partial charge on any atom is -0.497 e. The molecule has 0 amide bonds. The molecule has 4 rings (SSSR count). The molecule has 5 nitrogen and oxygen atoms in total. The van der Waals surface area contributed by atoms with Gasteiger partial charge in [0.05, 0.1) is 19.3 Å². The second kappa shape index (κ2) is 9.03. The molecule has 166 valence electrons. The van der Waals surface area contributed by atoms with E-state index in [9.17, 15) is 9.59 Å². The van der Waals surface area contributed by atoms with Crippen LogP contribution in [0.4, 0.5) is 0 Å². The first kappa shape index (κ1) is 21.9. The maximum absolute atomic E-state index is 13.5. The minimum absolute atomic E-state index is 0.0551. The van der Waals surface area contributed by atoms with E-state index in [1.807, 2.05) is 62.4 Å². The Bertz CT molecular complexity index is 1110. The molecule has 0 saturated heterocycles. The highest BCUT2D eigenvalue weighted by atomic mass is 16.5. The van der Waals surface area contributed by atoms with Crippen molar-refractivity contribution in [3.8, 4) is 5.75 Å². The zero-order chi connectivity index (χ0) is 22.8. The molecule has 2 aliphatic rings. The van der Waals surface area contributed by atoms with Crippen molar-refractivity contribution < 1.29 is 19.1 Å². The Balaban J connectivity index is 1.78. The van der Waals surface area contributed by atoms with Crippen LogP contribution >= 0.6 is 0 Å². The van der Waals surface area contributed by atoms with Crippen LogP contribution in [0, 0.1) is 6.92 Å². The number of hydrogen-bond donors (Lipinski definition) is 1. The van der Waals surface area contributed by atoms with E-state index in [2.05, 4.69) is 5.32 Å². The number of carbonyl (C=O) groups is 2. The monoisotopic (exact) mass is 431 g/mol. The highest BCUT2D eigenvalue weighted by Gasteiger charge is 2.41. The Kier molecular flexibility index (Phi) is 6.17. The number of Topliss-reactive ketones (excluding diaryl/α,β-unsaturated/α-hetero) is 1. The second-order valence-corrected chi connectivity index (χ2v) is 8.43. The molecule has 0 aromatic heterocycles. The molecule has 0 saturated carbocycles. The van der Waals surface area contributed by atoms with Crippen molar-refractivity contribution in [1.29, 1.82) is 0 Å².